The Morgan fingerprint density at radius 3 is 2.45 bits per heavy atom. The zero-order valence-electron chi connectivity index (χ0n) is 17.8. The number of carbonyl (C=O) groups is 3. The predicted molar refractivity (Wildman–Crippen MR) is 111 cm³/mol. The number of halogens is 1. The minimum Gasteiger partial charge on any atom is -0.494 e. The highest BCUT2D eigenvalue weighted by molar-refractivity contribution is 5.96. The van der Waals surface area contributed by atoms with Crippen LogP contribution in [0.2, 0.25) is 0 Å². The number of hydrogen-bond donors (Lipinski definition) is 2. The summed E-state index contributed by atoms with van der Waals surface area (Å²) in [5.74, 6) is -2.25. The van der Waals surface area contributed by atoms with Gasteiger partial charge in [0.05, 0.1) is 32.9 Å². The summed E-state index contributed by atoms with van der Waals surface area (Å²) in [6.45, 7) is 3.28. The SMILES string of the molecule is CCOC(=O)[C@@H](NCC(=O)Nc1cc(C(=O)OC)ccc1C)c1ccc(OC)c(F)c1. The van der Waals surface area contributed by atoms with E-state index in [0.717, 1.165) is 11.6 Å². The van der Waals surface area contributed by atoms with Crippen LogP contribution in [0.5, 0.6) is 5.75 Å². The molecule has 2 rings (SSSR count). The summed E-state index contributed by atoms with van der Waals surface area (Å²) in [6, 6.07) is 7.75. The zero-order valence-corrected chi connectivity index (χ0v) is 17.8. The summed E-state index contributed by atoms with van der Waals surface area (Å²) in [5.41, 5.74) is 1.74. The third kappa shape index (κ3) is 6.26. The fourth-order valence-electron chi connectivity index (χ4n) is 2.82. The Kier molecular flexibility index (Phi) is 8.51. The normalized spacial score (nSPS) is 11.4. The Bertz CT molecular complexity index is 963. The van der Waals surface area contributed by atoms with Crippen molar-refractivity contribution in [1.82, 2.24) is 5.32 Å². The fourth-order valence-corrected chi connectivity index (χ4v) is 2.82. The van der Waals surface area contributed by atoms with Crippen molar-refractivity contribution < 1.29 is 33.0 Å². The third-order valence-electron chi connectivity index (χ3n) is 4.43. The first-order valence-corrected chi connectivity index (χ1v) is 9.53. The molecule has 0 aliphatic heterocycles. The van der Waals surface area contributed by atoms with Gasteiger partial charge in [-0.1, -0.05) is 12.1 Å². The lowest BCUT2D eigenvalue weighted by atomic mass is 10.1. The lowest BCUT2D eigenvalue weighted by molar-refractivity contribution is -0.145. The Morgan fingerprint density at radius 1 is 1.10 bits per heavy atom. The van der Waals surface area contributed by atoms with Crippen molar-refractivity contribution in [3.8, 4) is 5.75 Å². The molecule has 0 saturated carbocycles. The first-order valence-electron chi connectivity index (χ1n) is 9.53. The van der Waals surface area contributed by atoms with Gasteiger partial charge in [0.1, 0.15) is 6.04 Å². The number of carbonyl (C=O) groups excluding carboxylic acids is 3. The molecule has 0 radical (unpaired) electrons. The van der Waals surface area contributed by atoms with Crippen molar-refractivity contribution in [3.05, 3.63) is 58.9 Å². The van der Waals surface area contributed by atoms with E-state index in [2.05, 4.69) is 15.4 Å². The van der Waals surface area contributed by atoms with Gasteiger partial charge < -0.3 is 19.5 Å². The Morgan fingerprint density at radius 2 is 1.84 bits per heavy atom. The summed E-state index contributed by atoms with van der Waals surface area (Å²) < 4.78 is 28.7. The van der Waals surface area contributed by atoms with E-state index in [4.69, 9.17) is 9.47 Å². The Labute approximate surface area is 179 Å². The van der Waals surface area contributed by atoms with Crippen molar-refractivity contribution in [3.63, 3.8) is 0 Å². The maximum absolute atomic E-state index is 14.1. The summed E-state index contributed by atoms with van der Waals surface area (Å²) in [6.07, 6.45) is 0. The van der Waals surface area contributed by atoms with Crippen molar-refractivity contribution >= 4 is 23.5 Å². The Hall–Kier alpha value is -3.46. The predicted octanol–water partition coefficient (Wildman–Crippen LogP) is 2.76. The average molecular weight is 432 g/mol. The van der Waals surface area contributed by atoms with Crippen LogP contribution in [0.1, 0.15) is 34.5 Å². The van der Waals surface area contributed by atoms with Gasteiger partial charge in [0.2, 0.25) is 5.91 Å². The average Bonchev–Trinajstić information content (AvgIpc) is 2.75. The molecule has 1 amide bonds. The van der Waals surface area contributed by atoms with Gasteiger partial charge in [-0.2, -0.15) is 0 Å². The number of methoxy groups -OCH3 is 2. The molecule has 0 saturated heterocycles. The van der Waals surface area contributed by atoms with Crippen molar-refractivity contribution in [1.29, 1.82) is 0 Å². The number of hydrogen-bond acceptors (Lipinski definition) is 7. The highest BCUT2D eigenvalue weighted by Crippen LogP contribution is 2.23. The fraction of sp³-hybridized carbons (Fsp3) is 0.318. The molecule has 0 spiro atoms. The maximum atomic E-state index is 14.1. The van der Waals surface area contributed by atoms with Gasteiger partial charge in [0, 0.05) is 5.69 Å². The minimum atomic E-state index is -1.06. The van der Waals surface area contributed by atoms with Gasteiger partial charge in [0.15, 0.2) is 11.6 Å². The molecule has 0 aromatic heterocycles. The molecule has 0 bridgehead atoms. The van der Waals surface area contributed by atoms with Crippen LogP contribution >= 0.6 is 0 Å². The molecule has 31 heavy (non-hydrogen) atoms. The molecule has 2 aromatic rings. The van der Waals surface area contributed by atoms with Crippen LogP contribution in [0, 0.1) is 12.7 Å². The van der Waals surface area contributed by atoms with Gasteiger partial charge in [-0.25, -0.2) is 14.0 Å². The number of anilines is 1. The van der Waals surface area contributed by atoms with Crippen LogP contribution in [0.15, 0.2) is 36.4 Å². The standard InChI is InChI=1S/C22H25FN2O6/c1-5-31-22(28)20(14-8-9-18(29-3)16(23)10-14)24-12-19(26)25-17-11-15(21(27)30-4)7-6-13(17)2/h6-11,20,24H,5,12H2,1-4H3,(H,25,26)/t20-/m0/s1. The summed E-state index contributed by atoms with van der Waals surface area (Å²) in [5, 5.41) is 5.47. The van der Waals surface area contributed by atoms with Crippen LogP contribution in [0.25, 0.3) is 0 Å². The molecule has 0 fully saturated rings. The number of benzene rings is 2. The molecular formula is C22H25FN2O6. The smallest absolute Gasteiger partial charge is 0.337 e. The molecule has 0 heterocycles. The highest BCUT2D eigenvalue weighted by atomic mass is 19.1. The first kappa shape index (κ1) is 23.8. The van der Waals surface area contributed by atoms with Gasteiger partial charge in [-0.3, -0.25) is 10.1 Å². The second kappa shape index (κ2) is 11.1. The van der Waals surface area contributed by atoms with Crippen molar-refractivity contribution in [2.45, 2.75) is 19.9 Å². The van der Waals surface area contributed by atoms with E-state index in [-0.39, 0.29) is 30.0 Å². The summed E-state index contributed by atoms with van der Waals surface area (Å²) >= 11 is 0. The quantitative estimate of drug-likeness (QED) is 0.588. The second-order valence-electron chi connectivity index (χ2n) is 6.53. The molecule has 8 nitrogen and oxygen atoms in total. The van der Waals surface area contributed by atoms with Gasteiger partial charge in [-0.15, -0.1) is 0 Å². The molecule has 0 aliphatic carbocycles. The van der Waals surface area contributed by atoms with Crippen LogP contribution in [-0.4, -0.2) is 45.2 Å². The molecule has 2 N–H and O–H groups in total. The number of ether oxygens (including phenoxy) is 3. The number of esters is 2. The topological polar surface area (TPSA) is 103 Å². The minimum absolute atomic E-state index is 0.0325. The van der Waals surface area contributed by atoms with E-state index in [1.54, 1.807) is 26.0 Å². The number of amides is 1. The number of aryl methyl sites for hydroxylation is 1. The molecule has 9 heteroatoms. The largest absolute Gasteiger partial charge is 0.494 e. The lowest BCUT2D eigenvalue weighted by Gasteiger charge is -2.18. The summed E-state index contributed by atoms with van der Waals surface area (Å²) in [4.78, 5) is 36.5. The first-order chi connectivity index (χ1) is 14.8. The van der Waals surface area contributed by atoms with E-state index in [1.807, 2.05) is 0 Å². The van der Waals surface area contributed by atoms with Gasteiger partial charge in [-0.05, 0) is 49.2 Å². The van der Waals surface area contributed by atoms with Crippen molar-refractivity contribution in [2.75, 3.05) is 32.7 Å². The zero-order chi connectivity index (χ0) is 23.0. The van der Waals surface area contributed by atoms with E-state index >= 15 is 0 Å². The van der Waals surface area contributed by atoms with E-state index in [0.29, 0.717) is 5.69 Å². The van der Waals surface area contributed by atoms with Gasteiger partial charge >= 0.3 is 11.9 Å². The Balaban J connectivity index is 2.14. The van der Waals surface area contributed by atoms with E-state index in [9.17, 15) is 18.8 Å². The molecule has 166 valence electrons. The van der Waals surface area contributed by atoms with Crippen molar-refractivity contribution in [2.24, 2.45) is 0 Å². The maximum Gasteiger partial charge on any atom is 0.337 e. The second-order valence-corrected chi connectivity index (χ2v) is 6.53. The number of nitrogens with one attached hydrogen (secondary N) is 2. The highest BCUT2D eigenvalue weighted by Gasteiger charge is 2.24. The van der Waals surface area contributed by atoms with Crippen LogP contribution in [0.3, 0.4) is 0 Å². The molecule has 0 unspecified atom stereocenters. The van der Waals surface area contributed by atoms with Crippen LogP contribution in [-0.2, 0) is 19.1 Å². The number of rotatable bonds is 9. The molecular weight excluding hydrogens is 407 g/mol. The lowest BCUT2D eigenvalue weighted by Crippen LogP contribution is -2.36. The van der Waals surface area contributed by atoms with E-state index < -0.39 is 29.7 Å². The van der Waals surface area contributed by atoms with Crippen LogP contribution < -0.4 is 15.4 Å². The molecule has 1 atom stereocenters. The molecule has 0 aliphatic rings. The summed E-state index contributed by atoms with van der Waals surface area (Å²) in [7, 11) is 2.60. The van der Waals surface area contributed by atoms with E-state index in [1.165, 1.54) is 32.4 Å². The monoisotopic (exact) mass is 432 g/mol. The molecule has 2 aromatic carbocycles. The van der Waals surface area contributed by atoms with Crippen LogP contribution in [0.4, 0.5) is 10.1 Å². The third-order valence-corrected chi connectivity index (χ3v) is 4.43. The van der Waals surface area contributed by atoms with Gasteiger partial charge in [0.25, 0.3) is 0 Å².